The predicted octanol–water partition coefficient (Wildman–Crippen LogP) is 2.78. The van der Waals surface area contributed by atoms with Crippen LogP contribution in [0.25, 0.3) is 11.2 Å². The van der Waals surface area contributed by atoms with Gasteiger partial charge in [-0.05, 0) is 60.8 Å². The van der Waals surface area contributed by atoms with Crippen molar-refractivity contribution in [2.45, 2.75) is 97.0 Å². The minimum absolute atomic E-state index is 0.155. The van der Waals surface area contributed by atoms with Gasteiger partial charge < -0.3 is 24.5 Å². The topological polar surface area (TPSA) is 170 Å². The van der Waals surface area contributed by atoms with Crippen molar-refractivity contribution in [1.82, 2.24) is 24.6 Å². The molecule has 3 rings (SSSR count). The summed E-state index contributed by atoms with van der Waals surface area (Å²) in [5, 5.41) is 2.78. The Balaban J connectivity index is 1.76. The summed E-state index contributed by atoms with van der Waals surface area (Å²) in [4.78, 5) is 37.1. The minimum Gasteiger partial charge on any atom is -0.461 e. The standard InChI is InChI=1S/C23H37N6O7P/c1-15(2)35-23(6,11-30)36-37(32,28-22(4,5)21(31)34-17-8-7-9-17)14-33-16(3)10-29-13-27-18-19(24)25-12-26-20(18)29/h11-13,15-17H,7-10,14H2,1-6H3,(H,28,32)(H2,24,25,26)/t16-,23+,37?/m1/s1. The molecule has 206 valence electrons. The first kappa shape index (κ1) is 29.1. The lowest BCUT2D eigenvalue weighted by Crippen LogP contribution is -2.50. The molecule has 1 unspecified atom stereocenters. The number of aldehydes is 1. The third kappa shape index (κ3) is 7.55. The van der Waals surface area contributed by atoms with Gasteiger partial charge in [-0.15, -0.1) is 0 Å². The number of carbonyl (C=O) groups excluding carboxylic acids is 2. The number of nitrogens with one attached hydrogen (secondary N) is 1. The average Bonchev–Trinajstić information content (AvgIpc) is 3.17. The normalized spacial score (nSPS) is 18.7. The monoisotopic (exact) mass is 540 g/mol. The molecule has 0 radical (unpaired) electrons. The van der Waals surface area contributed by atoms with Gasteiger partial charge in [0.25, 0.3) is 7.52 Å². The molecule has 0 amide bonds. The summed E-state index contributed by atoms with van der Waals surface area (Å²) in [7, 11) is -4.02. The number of hydrogen-bond donors (Lipinski definition) is 2. The zero-order valence-electron chi connectivity index (χ0n) is 22.2. The fraction of sp³-hybridized carbons (Fsp3) is 0.696. The number of esters is 1. The molecule has 1 fully saturated rings. The molecule has 1 aliphatic carbocycles. The highest BCUT2D eigenvalue weighted by molar-refractivity contribution is 7.56. The van der Waals surface area contributed by atoms with Crippen LogP contribution in [0.4, 0.5) is 5.82 Å². The van der Waals surface area contributed by atoms with Gasteiger partial charge in [0.1, 0.15) is 29.8 Å². The number of nitrogens with two attached hydrogens (primary N) is 1. The molecule has 37 heavy (non-hydrogen) atoms. The van der Waals surface area contributed by atoms with E-state index in [4.69, 9.17) is 24.5 Å². The quantitative estimate of drug-likeness (QED) is 0.156. The molecular weight excluding hydrogens is 503 g/mol. The van der Waals surface area contributed by atoms with Gasteiger partial charge >= 0.3 is 5.97 Å². The van der Waals surface area contributed by atoms with Crippen LogP contribution in [0.3, 0.4) is 0 Å². The van der Waals surface area contributed by atoms with E-state index in [1.54, 1.807) is 31.7 Å². The van der Waals surface area contributed by atoms with Crippen LogP contribution in [-0.4, -0.2) is 67.8 Å². The lowest BCUT2D eigenvalue weighted by atomic mass is 9.96. The summed E-state index contributed by atoms with van der Waals surface area (Å²) < 4.78 is 38.5. The van der Waals surface area contributed by atoms with Crippen molar-refractivity contribution >= 4 is 36.8 Å². The van der Waals surface area contributed by atoms with Crippen molar-refractivity contribution in [2.75, 3.05) is 12.1 Å². The Hall–Kier alpha value is -2.44. The molecule has 1 saturated carbocycles. The highest BCUT2D eigenvalue weighted by Crippen LogP contribution is 2.49. The Morgan fingerprint density at radius 2 is 1.97 bits per heavy atom. The van der Waals surface area contributed by atoms with Crippen LogP contribution in [-0.2, 0) is 39.4 Å². The lowest BCUT2D eigenvalue weighted by molar-refractivity contribution is -0.187. The van der Waals surface area contributed by atoms with E-state index in [0.717, 1.165) is 19.3 Å². The van der Waals surface area contributed by atoms with Crippen LogP contribution in [0.15, 0.2) is 12.7 Å². The van der Waals surface area contributed by atoms with Crippen LogP contribution in [0.5, 0.6) is 0 Å². The fourth-order valence-electron chi connectivity index (χ4n) is 3.76. The van der Waals surface area contributed by atoms with Crippen molar-refractivity contribution in [3.05, 3.63) is 12.7 Å². The van der Waals surface area contributed by atoms with Crippen LogP contribution in [0.1, 0.15) is 60.8 Å². The smallest absolute Gasteiger partial charge is 0.326 e. The fourth-order valence-corrected chi connectivity index (χ4v) is 5.99. The maximum absolute atomic E-state index is 14.1. The van der Waals surface area contributed by atoms with Crippen LogP contribution < -0.4 is 10.8 Å². The summed E-state index contributed by atoms with van der Waals surface area (Å²) in [5.41, 5.74) is 5.45. The highest BCUT2D eigenvalue weighted by atomic mass is 31.2. The molecule has 0 saturated heterocycles. The second kappa shape index (κ2) is 11.5. The third-order valence-electron chi connectivity index (χ3n) is 5.71. The minimum atomic E-state index is -4.02. The number of carbonyl (C=O) groups is 2. The molecule has 2 aromatic heterocycles. The van der Waals surface area contributed by atoms with Gasteiger partial charge in [-0.2, -0.15) is 0 Å². The van der Waals surface area contributed by atoms with Gasteiger partial charge in [-0.3, -0.25) is 18.7 Å². The average molecular weight is 541 g/mol. The number of nitrogen functional groups attached to an aromatic ring is 1. The van der Waals surface area contributed by atoms with Gasteiger partial charge in [0.05, 0.1) is 25.1 Å². The first-order chi connectivity index (χ1) is 17.3. The summed E-state index contributed by atoms with van der Waals surface area (Å²) in [6.45, 7) is 9.93. The molecule has 1 aliphatic rings. The Morgan fingerprint density at radius 1 is 1.27 bits per heavy atom. The molecule has 3 atom stereocenters. The number of fused-ring (bicyclic) bond motifs is 1. The molecule has 13 nitrogen and oxygen atoms in total. The first-order valence-corrected chi connectivity index (χ1v) is 14.0. The van der Waals surface area contributed by atoms with Gasteiger partial charge in [0.15, 0.2) is 17.8 Å². The van der Waals surface area contributed by atoms with Crippen molar-refractivity contribution in [2.24, 2.45) is 0 Å². The number of rotatable bonds is 14. The Morgan fingerprint density at radius 3 is 2.57 bits per heavy atom. The second-order valence-electron chi connectivity index (χ2n) is 10.2. The van der Waals surface area contributed by atoms with E-state index in [1.807, 2.05) is 0 Å². The van der Waals surface area contributed by atoms with Gasteiger partial charge in [0, 0.05) is 0 Å². The third-order valence-corrected chi connectivity index (χ3v) is 7.76. The van der Waals surface area contributed by atoms with E-state index < -0.39 is 43.4 Å². The molecule has 0 aliphatic heterocycles. The molecule has 2 aromatic rings. The summed E-state index contributed by atoms with van der Waals surface area (Å²) >= 11 is 0. The van der Waals surface area contributed by atoms with Gasteiger partial charge in [-0.25, -0.2) is 20.0 Å². The number of hydrogen-bond acceptors (Lipinski definition) is 11. The first-order valence-electron chi connectivity index (χ1n) is 12.2. The zero-order valence-corrected chi connectivity index (χ0v) is 23.1. The maximum atomic E-state index is 14.1. The highest BCUT2D eigenvalue weighted by Gasteiger charge is 2.44. The van der Waals surface area contributed by atoms with E-state index in [-0.39, 0.29) is 11.9 Å². The largest absolute Gasteiger partial charge is 0.461 e. The number of imidazole rings is 1. The van der Waals surface area contributed by atoms with Crippen molar-refractivity contribution < 1.29 is 32.9 Å². The van der Waals surface area contributed by atoms with Crippen molar-refractivity contribution in [3.63, 3.8) is 0 Å². The van der Waals surface area contributed by atoms with Crippen LogP contribution in [0.2, 0.25) is 0 Å². The van der Waals surface area contributed by atoms with E-state index in [9.17, 15) is 14.2 Å². The zero-order chi connectivity index (χ0) is 27.4. The molecule has 0 spiro atoms. The molecule has 0 aromatic carbocycles. The van der Waals surface area contributed by atoms with Crippen LogP contribution in [0, 0.1) is 0 Å². The molecule has 14 heteroatoms. The van der Waals surface area contributed by atoms with E-state index in [2.05, 4.69) is 20.0 Å². The van der Waals surface area contributed by atoms with Gasteiger partial charge in [-0.1, -0.05) is 0 Å². The lowest BCUT2D eigenvalue weighted by Gasteiger charge is -2.36. The molecule has 2 heterocycles. The number of ether oxygens (including phenoxy) is 3. The van der Waals surface area contributed by atoms with E-state index in [0.29, 0.717) is 24.0 Å². The van der Waals surface area contributed by atoms with E-state index >= 15 is 0 Å². The van der Waals surface area contributed by atoms with Crippen molar-refractivity contribution in [3.8, 4) is 0 Å². The Kier molecular flexibility index (Phi) is 9.07. The number of aromatic nitrogens is 4. The Bertz CT molecular complexity index is 1150. The molecule has 3 N–H and O–H groups in total. The number of nitrogens with zero attached hydrogens (tertiary/aromatic N) is 4. The van der Waals surface area contributed by atoms with Crippen LogP contribution >= 0.6 is 7.52 Å². The molecule has 0 bridgehead atoms. The molecular formula is C23H37N6O7P. The predicted molar refractivity (Wildman–Crippen MR) is 135 cm³/mol. The Labute approximate surface area is 216 Å². The second-order valence-corrected chi connectivity index (χ2v) is 12.2. The number of anilines is 1. The summed E-state index contributed by atoms with van der Waals surface area (Å²) in [5.74, 6) is -2.16. The van der Waals surface area contributed by atoms with Gasteiger partial charge in [0.2, 0.25) is 5.79 Å². The summed E-state index contributed by atoms with van der Waals surface area (Å²) in [6, 6.07) is 0. The van der Waals surface area contributed by atoms with E-state index in [1.165, 1.54) is 27.1 Å². The summed E-state index contributed by atoms with van der Waals surface area (Å²) in [6.07, 6.45) is 4.40. The SMILES string of the molecule is CC(C)O[C@](C)(C=O)OP(=O)(CO[C@H](C)Cn1cnc2c(N)ncnc21)NC(C)(C)C(=O)OC1CCC1. The maximum Gasteiger partial charge on any atom is 0.326 e. The van der Waals surface area contributed by atoms with Crippen molar-refractivity contribution in [1.29, 1.82) is 0 Å².